The summed E-state index contributed by atoms with van der Waals surface area (Å²) in [5, 5.41) is 12.7. The van der Waals surface area contributed by atoms with Gasteiger partial charge in [0.25, 0.3) is 0 Å². The molecule has 0 amide bonds. The predicted octanol–water partition coefficient (Wildman–Crippen LogP) is 4.11. The van der Waals surface area contributed by atoms with Crippen molar-refractivity contribution >= 4 is 21.4 Å². The summed E-state index contributed by atoms with van der Waals surface area (Å²) in [6.07, 6.45) is 0.617. The molecule has 0 aromatic heterocycles. The molecule has 162 valence electrons. The zero-order chi connectivity index (χ0) is 22.1. The van der Waals surface area contributed by atoms with E-state index < -0.39 is 44.5 Å². The fourth-order valence-corrected chi connectivity index (χ4v) is 5.30. The summed E-state index contributed by atoms with van der Waals surface area (Å²) in [6.45, 7) is 5.64. The van der Waals surface area contributed by atoms with E-state index in [-0.39, 0.29) is 29.9 Å². The van der Waals surface area contributed by atoms with Crippen molar-refractivity contribution in [2.45, 2.75) is 43.2 Å². The normalized spacial score (nSPS) is 20.6. The minimum atomic E-state index is -4.16. The molecule has 30 heavy (non-hydrogen) atoms. The van der Waals surface area contributed by atoms with Crippen molar-refractivity contribution in [3.05, 3.63) is 66.0 Å². The molecule has 0 saturated carbocycles. The molecule has 2 N–H and O–H groups in total. The molecule has 2 unspecified atom stereocenters. The van der Waals surface area contributed by atoms with E-state index in [0.717, 1.165) is 24.3 Å². The lowest BCUT2D eigenvalue weighted by Gasteiger charge is -2.27. The summed E-state index contributed by atoms with van der Waals surface area (Å²) in [6, 6.07) is 6.23. The molecule has 1 aliphatic rings. The lowest BCUT2D eigenvalue weighted by molar-refractivity contribution is 0.146. The van der Waals surface area contributed by atoms with E-state index in [1.54, 1.807) is 6.92 Å². The highest BCUT2D eigenvalue weighted by Crippen LogP contribution is 2.29. The zero-order valence-corrected chi connectivity index (χ0v) is 17.2. The largest absolute Gasteiger partial charge is 0.393 e. The smallest absolute Gasteiger partial charge is 0.246 e. The molecule has 3 rings (SSSR count). The van der Waals surface area contributed by atoms with Gasteiger partial charge in [0.2, 0.25) is 10.0 Å². The molecule has 1 heterocycles. The molecular weight excluding hydrogens is 417 g/mol. The van der Waals surface area contributed by atoms with Crippen LogP contribution in [-0.2, 0) is 10.0 Å². The minimum absolute atomic E-state index is 0.179. The molecule has 0 spiro atoms. The van der Waals surface area contributed by atoms with Crippen LogP contribution in [0.2, 0.25) is 0 Å². The topological polar surface area (TPSA) is 69.6 Å². The molecule has 1 aliphatic heterocycles. The predicted molar refractivity (Wildman–Crippen MR) is 109 cm³/mol. The van der Waals surface area contributed by atoms with Crippen molar-refractivity contribution in [1.29, 1.82) is 0 Å². The summed E-state index contributed by atoms with van der Waals surface area (Å²) in [5.74, 6) is -2.96. The number of rotatable bonds is 5. The second-order valence-corrected chi connectivity index (χ2v) is 9.23. The first kappa shape index (κ1) is 22.3. The Labute approximate surface area is 173 Å². The summed E-state index contributed by atoms with van der Waals surface area (Å²) >= 11 is 0. The lowest BCUT2D eigenvalue weighted by atomic mass is 10.1. The van der Waals surface area contributed by atoms with Crippen LogP contribution in [0.5, 0.6) is 0 Å². The molecule has 0 bridgehead atoms. The number of sulfonamides is 1. The minimum Gasteiger partial charge on any atom is -0.393 e. The van der Waals surface area contributed by atoms with E-state index in [0.29, 0.717) is 12.8 Å². The van der Waals surface area contributed by atoms with Gasteiger partial charge in [-0.25, -0.2) is 21.6 Å². The van der Waals surface area contributed by atoms with Crippen molar-refractivity contribution in [2.24, 2.45) is 0 Å². The van der Waals surface area contributed by atoms with Crippen LogP contribution in [0.15, 0.2) is 47.9 Å². The van der Waals surface area contributed by atoms with Gasteiger partial charge in [-0.15, -0.1) is 0 Å². The number of nitrogens with one attached hydrogen (secondary N) is 1. The van der Waals surface area contributed by atoms with Crippen LogP contribution in [-0.4, -0.2) is 36.5 Å². The fraction of sp³-hybridized carbons (Fsp3) is 0.333. The number of anilines is 1. The monoisotopic (exact) mass is 440 g/mol. The van der Waals surface area contributed by atoms with Crippen LogP contribution in [0.4, 0.5) is 18.9 Å². The number of halogens is 3. The van der Waals surface area contributed by atoms with E-state index >= 15 is 0 Å². The van der Waals surface area contributed by atoms with Crippen molar-refractivity contribution in [2.75, 3.05) is 11.9 Å². The number of nitrogens with zero attached hydrogens (tertiary/aromatic N) is 1. The van der Waals surface area contributed by atoms with Crippen LogP contribution < -0.4 is 5.32 Å². The summed E-state index contributed by atoms with van der Waals surface area (Å²) in [4.78, 5) is -0.503. The molecule has 2 atom stereocenters. The lowest BCUT2D eigenvalue weighted by Crippen LogP contribution is -2.39. The number of benzene rings is 2. The molecule has 5 nitrogen and oxygen atoms in total. The Balaban J connectivity index is 1.90. The van der Waals surface area contributed by atoms with E-state index in [1.807, 2.05) is 0 Å². The van der Waals surface area contributed by atoms with E-state index in [4.69, 9.17) is 0 Å². The molecule has 0 radical (unpaired) electrons. The van der Waals surface area contributed by atoms with E-state index in [1.165, 1.54) is 16.4 Å². The van der Waals surface area contributed by atoms with Crippen molar-refractivity contribution in [1.82, 2.24) is 4.31 Å². The van der Waals surface area contributed by atoms with Gasteiger partial charge in [0.05, 0.1) is 6.10 Å². The first-order chi connectivity index (χ1) is 14.1. The maximum absolute atomic E-state index is 14.5. The Bertz CT molecular complexity index is 1060. The summed E-state index contributed by atoms with van der Waals surface area (Å²) in [5.41, 5.74) is 0.682. The second-order valence-electron chi connectivity index (χ2n) is 7.37. The highest BCUT2D eigenvalue weighted by atomic mass is 32.2. The summed E-state index contributed by atoms with van der Waals surface area (Å²) < 4.78 is 68.5. The third kappa shape index (κ3) is 4.69. The third-order valence-corrected chi connectivity index (χ3v) is 7.13. The second kappa shape index (κ2) is 8.79. The highest BCUT2D eigenvalue weighted by molar-refractivity contribution is 7.89. The number of hydrogen-bond acceptors (Lipinski definition) is 4. The quantitative estimate of drug-likeness (QED) is 0.734. The van der Waals surface area contributed by atoms with Gasteiger partial charge in [-0.2, -0.15) is 4.31 Å². The van der Waals surface area contributed by atoms with Gasteiger partial charge in [0.1, 0.15) is 10.7 Å². The van der Waals surface area contributed by atoms with Crippen molar-refractivity contribution in [3.8, 4) is 0 Å². The van der Waals surface area contributed by atoms with Crippen LogP contribution in [0.3, 0.4) is 0 Å². The van der Waals surface area contributed by atoms with E-state index in [2.05, 4.69) is 11.9 Å². The highest BCUT2D eigenvalue weighted by Gasteiger charge is 2.34. The SMILES string of the molecule is C=C(Nc1ccc(F)c(F)c1)c1ccc(F)c(S(=O)(=O)N2CCCC(O)CC2C)c1. The number of aliphatic hydroxyl groups is 1. The standard InChI is InChI=1S/C21H23F3N2O3S/c1-13-10-17(27)4-3-9-26(13)30(28,29)21-11-15(5-7-19(21)23)14(2)25-16-6-8-18(22)20(24)12-16/h5-8,11-13,17,25,27H,2-4,9-10H2,1H3. The van der Waals surface area contributed by atoms with Gasteiger partial charge in [0.15, 0.2) is 11.6 Å². The molecule has 0 aliphatic carbocycles. The zero-order valence-electron chi connectivity index (χ0n) is 16.4. The molecule has 2 aromatic rings. The van der Waals surface area contributed by atoms with Gasteiger partial charge in [0, 0.05) is 30.0 Å². The first-order valence-corrected chi connectivity index (χ1v) is 10.9. The average Bonchev–Trinajstić information content (AvgIpc) is 2.85. The Hall–Kier alpha value is -2.36. The van der Waals surface area contributed by atoms with Crippen LogP contribution in [0.25, 0.3) is 5.70 Å². The Morgan fingerprint density at radius 1 is 1.13 bits per heavy atom. The van der Waals surface area contributed by atoms with Gasteiger partial charge < -0.3 is 10.4 Å². The molecule has 1 saturated heterocycles. The Morgan fingerprint density at radius 3 is 2.53 bits per heavy atom. The maximum Gasteiger partial charge on any atom is 0.246 e. The van der Waals surface area contributed by atoms with Gasteiger partial charge in [-0.3, -0.25) is 0 Å². The summed E-state index contributed by atoms with van der Waals surface area (Å²) in [7, 11) is -4.16. The van der Waals surface area contributed by atoms with Crippen LogP contribution in [0, 0.1) is 17.5 Å². The van der Waals surface area contributed by atoms with Crippen LogP contribution in [0.1, 0.15) is 31.7 Å². The van der Waals surface area contributed by atoms with E-state index in [9.17, 15) is 26.7 Å². The molecule has 9 heteroatoms. The Morgan fingerprint density at radius 2 is 1.83 bits per heavy atom. The first-order valence-electron chi connectivity index (χ1n) is 9.50. The van der Waals surface area contributed by atoms with Gasteiger partial charge in [-0.05, 0) is 62.1 Å². The molecule has 1 fully saturated rings. The molecular formula is C21H23F3N2O3S. The number of hydrogen-bond donors (Lipinski definition) is 2. The van der Waals surface area contributed by atoms with Gasteiger partial charge >= 0.3 is 0 Å². The third-order valence-electron chi connectivity index (χ3n) is 5.10. The number of aliphatic hydroxyl groups excluding tert-OH is 1. The average molecular weight is 440 g/mol. The Kier molecular flexibility index (Phi) is 6.54. The van der Waals surface area contributed by atoms with Gasteiger partial charge in [-0.1, -0.05) is 6.58 Å². The molecule has 2 aromatic carbocycles. The fourth-order valence-electron chi connectivity index (χ4n) is 3.52. The van der Waals surface area contributed by atoms with Crippen LogP contribution >= 0.6 is 0 Å². The van der Waals surface area contributed by atoms with Crippen molar-refractivity contribution in [3.63, 3.8) is 0 Å². The maximum atomic E-state index is 14.5. The van der Waals surface area contributed by atoms with Crippen molar-refractivity contribution < 1.29 is 26.7 Å².